The van der Waals surface area contributed by atoms with Gasteiger partial charge in [0.1, 0.15) is 5.75 Å². The lowest BCUT2D eigenvalue weighted by Gasteiger charge is -2.06. The van der Waals surface area contributed by atoms with Crippen LogP contribution in [0, 0.1) is 6.92 Å². The number of rotatable bonds is 6. The van der Waals surface area contributed by atoms with Crippen molar-refractivity contribution in [2.45, 2.75) is 26.3 Å². The number of ether oxygens (including phenoxy) is 1. The van der Waals surface area contributed by atoms with E-state index in [0.717, 1.165) is 49.0 Å². The van der Waals surface area contributed by atoms with Gasteiger partial charge in [-0.25, -0.2) is 4.98 Å². The highest BCUT2D eigenvalue weighted by Crippen LogP contribution is 2.29. The van der Waals surface area contributed by atoms with Crippen molar-refractivity contribution in [3.05, 3.63) is 56.7 Å². The van der Waals surface area contributed by atoms with E-state index in [4.69, 9.17) is 4.74 Å². The smallest absolute Gasteiger partial charge is 0.122 e. The monoisotopic (exact) mass is 356 g/mol. The Hall–Kier alpha value is -1.69. The van der Waals surface area contributed by atoms with Crippen LogP contribution in [0.4, 0.5) is 0 Å². The van der Waals surface area contributed by atoms with Crippen LogP contribution in [-0.4, -0.2) is 18.1 Å². The molecular weight excluding hydrogens is 336 g/mol. The third-order valence-electron chi connectivity index (χ3n) is 4.16. The number of aromatic nitrogens is 1. The summed E-state index contributed by atoms with van der Waals surface area (Å²) in [5.74, 6) is 1.06. The number of hydrogen-bond donors (Lipinski definition) is 1. The lowest BCUT2D eigenvalue weighted by molar-refractivity contribution is 0.357. The van der Waals surface area contributed by atoms with Crippen molar-refractivity contribution in [3.63, 3.8) is 0 Å². The van der Waals surface area contributed by atoms with Crippen LogP contribution in [0.1, 0.15) is 21.0 Å². The first-order valence-electron chi connectivity index (χ1n) is 8.24. The molecule has 0 aliphatic carbocycles. The second kappa shape index (κ2) is 7.05. The van der Waals surface area contributed by atoms with E-state index in [0.29, 0.717) is 0 Å². The molecule has 0 radical (unpaired) electrons. The number of nitrogens with one attached hydrogen (secondary N) is 1. The van der Waals surface area contributed by atoms with Crippen LogP contribution in [0.2, 0.25) is 0 Å². The van der Waals surface area contributed by atoms with Gasteiger partial charge in [0.25, 0.3) is 0 Å². The zero-order valence-corrected chi connectivity index (χ0v) is 15.3. The molecule has 3 aromatic rings. The molecule has 124 valence electrons. The molecule has 1 aliphatic heterocycles. The number of hydrogen-bond acceptors (Lipinski definition) is 5. The lowest BCUT2D eigenvalue weighted by Crippen LogP contribution is -2.16. The highest BCUT2D eigenvalue weighted by Gasteiger charge is 2.11. The van der Waals surface area contributed by atoms with Crippen LogP contribution in [0.25, 0.3) is 10.6 Å². The maximum Gasteiger partial charge on any atom is 0.122 e. The zero-order valence-electron chi connectivity index (χ0n) is 13.7. The summed E-state index contributed by atoms with van der Waals surface area (Å²) < 4.78 is 5.55. The Morgan fingerprint density at radius 2 is 2.21 bits per heavy atom. The van der Waals surface area contributed by atoms with Crippen LogP contribution in [0.15, 0.2) is 35.7 Å². The maximum absolute atomic E-state index is 5.55. The van der Waals surface area contributed by atoms with Gasteiger partial charge in [-0.3, -0.25) is 0 Å². The van der Waals surface area contributed by atoms with Crippen molar-refractivity contribution in [1.82, 2.24) is 10.3 Å². The molecule has 1 N–H and O–H groups in total. The minimum Gasteiger partial charge on any atom is -0.493 e. The minimum atomic E-state index is 0.825. The number of fused-ring (bicyclic) bond motifs is 1. The number of thiazole rings is 1. The van der Waals surface area contributed by atoms with Crippen LogP contribution in [-0.2, 0) is 19.4 Å². The molecule has 24 heavy (non-hydrogen) atoms. The SMILES string of the molecule is Cc1nc(-c2ccc(CCNCc3ccc4c(c3)CCO4)s2)cs1. The Morgan fingerprint density at radius 1 is 1.25 bits per heavy atom. The third kappa shape index (κ3) is 3.53. The van der Waals surface area contributed by atoms with Crippen molar-refractivity contribution in [3.8, 4) is 16.3 Å². The minimum absolute atomic E-state index is 0.825. The highest BCUT2D eigenvalue weighted by molar-refractivity contribution is 7.16. The van der Waals surface area contributed by atoms with Gasteiger partial charge < -0.3 is 10.1 Å². The van der Waals surface area contributed by atoms with Crippen molar-refractivity contribution >= 4 is 22.7 Å². The fourth-order valence-electron chi connectivity index (χ4n) is 2.92. The molecule has 0 spiro atoms. The lowest BCUT2D eigenvalue weighted by atomic mass is 10.1. The molecule has 4 rings (SSSR count). The maximum atomic E-state index is 5.55. The first kappa shape index (κ1) is 15.8. The largest absolute Gasteiger partial charge is 0.493 e. The molecular formula is C19H20N2OS2. The normalized spacial score (nSPS) is 13.0. The zero-order chi connectivity index (χ0) is 16.4. The summed E-state index contributed by atoms with van der Waals surface area (Å²) in [5.41, 5.74) is 3.79. The molecule has 0 atom stereocenters. The molecule has 0 saturated heterocycles. The van der Waals surface area contributed by atoms with Gasteiger partial charge in [-0.05, 0) is 42.7 Å². The second-order valence-electron chi connectivity index (χ2n) is 5.99. The topological polar surface area (TPSA) is 34.2 Å². The van der Waals surface area contributed by atoms with Crippen LogP contribution in [0.3, 0.4) is 0 Å². The van der Waals surface area contributed by atoms with Crippen LogP contribution >= 0.6 is 22.7 Å². The molecule has 3 nitrogen and oxygen atoms in total. The van der Waals surface area contributed by atoms with E-state index in [1.807, 2.05) is 11.3 Å². The molecule has 0 fully saturated rings. The van der Waals surface area contributed by atoms with Crippen molar-refractivity contribution in [2.75, 3.05) is 13.2 Å². The van der Waals surface area contributed by atoms with Crippen molar-refractivity contribution in [2.24, 2.45) is 0 Å². The van der Waals surface area contributed by atoms with Crippen molar-refractivity contribution in [1.29, 1.82) is 0 Å². The van der Waals surface area contributed by atoms with E-state index >= 15 is 0 Å². The van der Waals surface area contributed by atoms with Gasteiger partial charge in [-0.2, -0.15) is 0 Å². The Kier molecular flexibility index (Phi) is 4.65. The summed E-state index contributed by atoms with van der Waals surface area (Å²) >= 11 is 3.56. The van der Waals surface area contributed by atoms with E-state index in [1.165, 1.54) is 20.9 Å². The molecule has 0 saturated carbocycles. The molecule has 2 aromatic heterocycles. The molecule has 3 heterocycles. The number of thiophene rings is 1. The summed E-state index contributed by atoms with van der Waals surface area (Å²) in [6, 6.07) is 10.9. The van der Waals surface area contributed by atoms with E-state index in [2.05, 4.69) is 52.9 Å². The quantitative estimate of drug-likeness (QED) is 0.663. The van der Waals surface area contributed by atoms with Gasteiger partial charge >= 0.3 is 0 Å². The summed E-state index contributed by atoms with van der Waals surface area (Å²) in [7, 11) is 0. The van der Waals surface area contributed by atoms with E-state index in [9.17, 15) is 0 Å². The summed E-state index contributed by atoms with van der Waals surface area (Å²) in [5, 5.41) is 6.81. The van der Waals surface area contributed by atoms with E-state index in [-0.39, 0.29) is 0 Å². The van der Waals surface area contributed by atoms with Crippen LogP contribution < -0.4 is 10.1 Å². The number of nitrogens with zero attached hydrogens (tertiary/aromatic N) is 1. The summed E-state index contributed by atoms with van der Waals surface area (Å²) in [6.07, 6.45) is 2.10. The average Bonchev–Trinajstić information content (AvgIpc) is 3.31. The average molecular weight is 357 g/mol. The Morgan fingerprint density at radius 3 is 3.08 bits per heavy atom. The molecule has 5 heteroatoms. The predicted octanol–water partition coefficient (Wildman–Crippen LogP) is 4.45. The second-order valence-corrected chi connectivity index (χ2v) is 8.22. The molecule has 1 aromatic carbocycles. The van der Waals surface area contributed by atoms with Crippen LogP contribution in [0.5, 0.6) is 5.75 Å². The fourth-order valence-corrected chi connectivity index (χ4v) is 4.58. The molecule has 1 aliphatic rings. The molecule has 0 unspecified atom stereocenters. The van der Waals surface area contributed by atoms with Crippen molar-refractivity contribution < 1.29 is 4.74 Å². The molecule has 0 amide bonds. The highest BCUT2D eigenvalue weighted by atomic mass is 32.1. The third-order valence-corrected chi connectivity index (χ3v) is 6.11. The molecule has 0 bridgehead atoms. The number of aryl methyl sites for hydroxylation is 1. The van der Waals surface area contributed by atoms with Gasteiger partial charge in [0.2, 0.25) is 0 Å². The van der Waals surface area contributed by atoms with Gasteiger partial charge in [0, 0.05) is 29.8 Å². The Balaban J connectivity index is 1.28. The van der Waals surface area contributed by atoms with Gasteiger partial charge in [0.15, 0.2) is 0 Å². The Bertz CT molecular complexity index is 838. The van der Waals surface area contributed by atoms with Gasteiger partial charge in [0.05, 0.1) is 22.2 Å². The summed E-state index contributed by atoms with van der Waals surface area (Å²) in [4.78, 5) is 7.24. The Labute approximate surface area is 150 Å². The fraction of sp³-hybridized carbons (Fsp3) is 0.316. The standard InChI is InChI=1S/C19H20N2OS2/c1-13-21-17(12-23-13)19-5-3-16(24-19)6-8-20-11-14-2-4-18-15(10-14)7-9-22-18/h2-5,10,12,20H,6-9,11H2,1H3. The van der Waals surface area contributed by atoms with Gasteiger partial charge in [-0.1, -0.05) is 12.1 Å². The predicted molar refractivity (Wildman–Crippen MR) is 101 cm³/mol. The van der Waals surface area contributed by atoms with E-state index < -0.39 is 0 Å². The van der Waals surface area contributed by atoms with E-state index in [1.54, 1.807) is 11.3 Å². The summed E-state index contributed by atoms with van der Waals surface area (Å²) in [6.45, 7) is 4.78. The number of benzene rings is 1. The first-order valence-corrected chi connectivity index (χ1v) is 9.94. The first-order chi connectivity index (χ1) is 11.8. The van der Waals surface area contributed by atoms with Gasteiger partial charge in [-0.15, -0.1) is 22.7 Å².